The Bertz CT molecular complexity index is 462. The topological polar surface area (TPSA) is 63.4 Å². The van der Waals surface area contributed by atoms with Crippen molar-refractivity contribution < 1.29 is 8.42 Å². The van der Waals surface area contributed by atoms with E-state index >= 15 is 0 Å². The number of anilines is 2. The van der Waals surface area contributed by atoms with Gasteiger partial charge in [-0.3, -0.25) is 0 Å². The second-order valence-corrected chi connectivity index (χ2v) is 6.54. The number of nitrogens with zero attached hydrogens (tertiary/aromatic N) is 1. The van der Waals surface area contributed by atoms with Crippen molar-refractivity contribution in [3.63, 3.8) is 0 Å². The van der Waals surface area contributed by atoms with Gasteiger partial charge in [-0.2, -0.15) is 0 Å². The van der Waals surface area contributed by atoms with Gasteiger partial charge in [0, 0.05) is 24.5 Å². The van der Waals surface area contributed by atoms with Crippen LogP contribution in [0.3, 0.4) is 0 Å². The molecule has 0 amide bonds. The van der Waals surface area contributed by atoms with Gasteiger partial charge in [0.1, 0.15) is 0 Å². The first-order valence-electron chi connectivity index (χ1n) is 5.29. The molecular weight excluding hydrogens is 224 g/mol. The van der Waals surface area contributed by atoms with Gasteiger partial charge in [0.05, 0.1) is 11.5 Å². The second-order valence-electron chi connectivity index (χ2n) is 4.24. The Morgan fingerprint density at radius 2 is 1.81 bits per heavy atom. The number of benzene rings is 1. The molecule has 0 bridgehead atoms. The van der Waals surface area contributed by atoms with E-state index in [2.05, 4.69) is 4.90 Å². The molecule has 0 saturated carbocycles. The summed E-state index contributed by atoms with van der Waals surface area (Å²) in [6, 6.07) is 5.84. The molecule has 88 valence electrons. The summed E-state index contributed by atoms with van der Waals surface area (Å²) in [5.41, 5.74) is 8.62. The summed E-state index contributed by atoms with van der Waals surface area (Å²) in [4.78, 5) is 2.07. The van der Waals surface area contributed by atoms with E-state index < -0.39 is 9.84 Å². The lowest BCUT2D eigenvalue weighted by molar-refractivity contribution is 0.587. The summed E-state index contributed by atoms with van der Waals surface area (Å²) in [5.74, 6) is 0.474. The van der Waals surface area contributed by atoms with Crippen LogP contribution in [0.15, 0.2) is 18.2 Å². The van der Waals surface area contributed by atoms with E-state index in [1.54, 1.807) is 0 Å². The predicted octanol–water partition coefficient (Wildman–Crippen LogP) is 0.812. The summed E-state index contributed by atoms with van der Waals surface area (Å²) in [6.45, 7) is 3.11. The van der Waals surface area contributed by atoms with Crippen LogP contribution in [0.5, 0.6) is 0 Å². The summed E-state index contributed by atoms with van der Waals surface area (Å²) in [6.07, 6.45) is 0. The molecule has 0 spiro atoms. The monoisotopic (exact) mass is 240 g/mol. The second kappa shape index (κ2) is 3.97. The zero-order valence-corrected chi connectivity index (χ0v) is 10.1. The molecule has 1 aliphatic heterocycles. The summed E-state index contributed by atoms with van der Waals surface area (Å²) >= 11 is 0. The normalized spacial score (nSPS) is 19.7. The van der Waals surface area contributed by atoms with Gasteiger partial charge in [-0.25, -0.2) is 8.42 Å². The maximum atomic E-state index is 11.3. The number of aryl methyl sites for hydroxylation is 1. The number of nitrogen functional groups attached to an aromatic ring is 1. The van der Waals surface area contributed by atoms with Gasteiger partial charge in [-0.05, 0) is 30.7 Å². The smallest absolute Gasteiger partial charge is 0.153 e. The molecule has 5 heteroatoms. The van der Waals surface area contributed by atoms with Gasteiger partial charge < -0.3 is 10.6 Å². The summed E-state index contributed by atoms with van der Waals surface area (Å²) in [7, 11) is -2.82. The molecule has 2 N–H and O–H groups in total. The molecule has 4 nitrogen and oxygen atoms in total. The number of hydrogen-bond acceptors (Lipinski definition) is 4. The lowest BCUT2D eigenvalue weighted by atomic mass is 10.2. The third kappa shape index (κ3) is 2.47. The number of rotatable bonds is 1. The van der Waals surface area contributed by atoms with Crippen molar-refractivity contribution >= 4 is 21.2 Å². The van der Waals surface area contributed by atoms with E-state index in [9.17, 15) is 8.42 Å². The first-order valence-corrected chi connectivity index (χ1v) is 7.11. The third-order valence-electron chi connectivity index (χ3n) is 2.79. The van der Waals surface area contributed by atoms with E-state index in [1.165, 1.54) is 0 Å². The van der Waals surface area contributed by atoms with E-state index in [4.69, 9.17) is 5.73 Å². The van der Waals surface area contributed by atoms with Crippen LogP contribution in [-0.4, -0.2) is 33.0 Å². The van der Waals surface area contributed by atoms with Crippen LogP contribution < -0.4 is 10.6 Å². The Morgan fingerprint density at radius 3 is 2.38 bits per heavy atom. The Labute approximate surface area is 96.0 Å². The quantitative estimate of drug-likeness (QED) is 0.738. The number of sulfone groups is 1. The molecule has 1 saturated heterocycles. The first kappa shape index (κ1) is 11.3. The summed E-state index contributed by atoms with van der Waals surface area (Å²) in [5, 5.41) is 0. The van der Waals surface area contributed by atoms with Gasteiger partial charge in [0.25, 0.3) is 0 Å². The molecule has 1 aromatic carbocycles. The zero-order chi connectivity index (χ0) is 11.8. The Kier molecular flexibility index (Phi) is 2.80. The van der Waals surface area contributed by atoms with Crippen LogP contribution in [0.25, 0.3) is 0 Å². The average molecular weight is 240 g/mol. The van der Waals surface area contributed by atoms with Crippen LogP contribution in [0.1, 0.15) is 5.56 Å². The molecule has 0 radical (unpaired) electrons. The van der Waals surface area contributed by atoms with Crippen molar-refractivity contribution in [2.75, 3.05) is 35.2 Å². The highest BCUT2D eigenvalue weighted by Crippen LogP contribution is 2.22. The van der Waals surface area contributed by atoms with E-state index in [0.717, 1.165) is 16.9 Å². The number of hydrogen-bond donors (Lipinski definition) is 1. The molecule has 1 heterocycles. The average Bonchev–Trinajstić information content (AvgIpc) is 2.15. The van der Waals surface area contributed by atoms with Crippen molar-refractivity contribution in [1.29, 1.82) is 0 Å². The van der Waals surface area contributed by atoms with E-state index in [-0.39, 0.29) is 11.5 Å². The van der Waals surface area contributed by atoms with E-state index in [0.29, 0.717) is 13.1 Å². The Hall–Kier alpha value is -1.23. The number of nitrogens with two attached hydrogens (primary N) is 1. The minimum absolute atomic E-state index is 0.237. The molecule has 0 aromatic heterocycles. The van der Waals surface area contributed by atoms with Crippen LogP contribution in [0.4, 0.5) is 11.4 Å². The maximum Gasteiger partial charge on any atom is 0.153 e. The van der Waals surface area contributed by atoms with Crippen molar-refractivity contribution in [2.24, 2.45) is 0 Å². The lowest BCUT2D eigenvalue weighted by Gasteiger charge is -2.29. The largest absolute Gasteiger partial charge is 0.399 e. The highest BCUT2D eigenvalue weighted by molar-refractivity contribution is 7.91. The fourth-order valence-corrected chi connectivity index (χ4v) is 3.15. The van der Waals surface area contributed by atoms with Gasteiger partial charge >= 0.3 is 0 Å². The van der Waals surface area contributed by atoms with Crippen molar-refractivity contribution in [3.05, 3.63) is 23.8 Å². The fourth-order valence-electron chi connectivity index (χ4n) is 1.95. The van der Waals surface area contributed by atoms with Crippen LogP contribution in [0, 0.1) is 6.92 Å². The molecule has 0 atom stereocenters. The third-order valence-corrected chi connectivity index (χ3v) is 4.40. The van der Waals surface area contributed by atoms with E-state index in [1.807, 2.05) is 25.1 Å². The van der Waals surface area contributed by atoms with Crippen molar-refractivity contribution in [2.45, 2.75) is 6.92 Å². The van der Waals surface area contributed by atoms with Crippen LogP contribution in [0.2, 0.25) is 0 Å². The Morgan fingerprint density at radius 1 is 1.19 bits per heavy atom. The maximum absolute atomic E-state index is 11.3. The highest BCUT2D eigenvalue weighted by atomic mass is 32.2. The van der Waals surface area contributed by atoms with Crippen molar-refractivity contribution in [3.8, 4) is 0 Å². The van der Waals surface area contributed by atoms with Gasteiger partial charge in [0.15, 0.2) is 9.84 Å². The highest BCUT2D eigenvalue weighted by Gasteiger charge is 2.21. The first-order chi connectivity index (χ1) is 7.46. The minimum Gasteiger partial charge on any atom is -0.399 e. The van der Waals surface area contributed by atoms with Gasteiger partial charge in [-0.15, -0.1) is 0 Å². The molecule has 1 aliphatic rings. The van der Waals surface area contributed by atoms with Crippen LogP contribution in [-0.2, 0) is 9.84 Å². The molecule has 0 unspecified atom stereocenters. The molecule has 0 aliphatic carbocycles. The molecule has 1 aromatic rings. The van der Waals surface area contributed by atoms with Crippen LogP contribution >= 0.6 is 0 Å². The summed E-state index contributed by atoms with van der Waals surface area (Å²) < 4.78 is 22.6. The lowest BCUT2D eigenvalue weighted by Crippen LogP contribution is -2.40. The molecule has 1 fully saturated rings. The molecule has 2 rings (SSSR count). The molecular formula is C11H16N2O2S. The molecule has 16 heavy (non-hydrogen) atoms. The van der Waals surface area contributed by atoms with Gasteiger partial charge in [-0.1, -0.05) is 0 Å². The fraction of sp³-hybridized carbons (Fsp3) is 0.455. The predicted molar refractivity (Wildman–Crippen MR) is 66.5 cm³/mol. The van der Waals surface area contributed by atoms with Crippen molar-refractivity contribution in [1.82, 2.24) is 0 Å². The Balaban J connectivity index is 2.20. The SMILES string of the molecule is Cc1cc(N)cc(N2CCS(=O)(=O)CC2)c1. The van der Waals surface area contributed by atoms with Gasteiger partial charge in [0.2, 0.25) is 0 Å². The standard InChI is InChI=1S/C11H16N2O2S/c1-9-6-10(12)8-11(7-9)13-2-4-16(14,15)5-3-13/h6-8H,2-5,12H2,1H3. The zero-order valence-electron chi connectivity index (χ0n) is 9.31. The minimum atomic E-state index is -2.82.